The first-order valence-corrected chi connectivity index (χ1v) is 15.0. The van der Waals surface area contributed by atoms with Crippen molar-refractivity contribution in [3.05, 3.63) is 0 Å². The van der Waals surface area contributed by atoms with Crippen molar-refractivity contribution in [2.75, 3.05) is 0 Å². The summed E-state index contributed by atoms with van der Waals surface area (Å²) in [6.45, 7) is 18.6. The van der Waals surface area contributed by atoms with Crippen LogP contribution in [0, 0.1) is 11.8 Å². The van der Waals surface area contributed by atoms with Crippen LogP contribution in [-0.4, -0.2) is 10.3 Å². The lowest BCUT2D eigenvalue weighted by Gasteiger charge is -2.36. The van der Waals surface area contributed by atoms with Gasteiger partial charge in [0.05, 0.1) is 0 Å². The summed E-state index contributed by atoms with van der Waals surface area (Å²) in [4.78, 5) is 0. The summed E-state index contributed by atoms with van der Waals surface area (Å²) >= 11 is 0. The number of hydrogen-bond donors (Lipinski definition) is 0. The Morgan fingerprint density at radius 1 is 0.467 bits per heavy atom. The van der Waals surface area contributed by atoms with E-state index >= 15 is 0 Å². The third-order valence-electron chi connectivity index (χ3n) is 8.06. The second kappa shape index (κ2) is 20.5. The third-order valence-corrected chi connectivity index (χ3v) is 10.6. The van der Waals surface area contributed by atoms with Gasteiger partial charge in [-0.25, -0.2) is 0 Å². The van der Waals surface area contributed by atoms with E-state index in [1.165, 1.54) is 103 Å². The molecule has 0 aromatic heterocycles. The lowest BCUT2D eigenvalue weighted by atomic mass is 9.81. The second-order valence-corrected chi connectivity index (χ2v) is 12.1. The van der Waals surface area contributed by atoms with Gasteiger partial charge in [0, 0.05) is 0 Å². The Labute approximate surface area is 198 Å². The summed E-state index contributed by atoms with van der Waals surface area (Å²) < 4.78 is 0. The molecule has 30 heavy (non-hydrogen) atoms. The van der Waals surface area contributed by atoms with Gasteiger partial charge in [-0.05, 0) is 60.7 Å². The predicted octanol–water partition coefficient (Wildman–Crippen LogP) is 10.8. The summed E-state index contributed by atoms with van der Waals surface area (Å²) in [5.74, 6) is 1.82. The fraction of sp³-hybridized carbons (Fsp3) is 1.00. The Kier molecular flexibility index (Phi) is 22.5. The van der Waals surface area contributed by atoms with Gasteiger partial charge in [-0.1, -0.05) is 120 Å². The quantitative estimate of drug-likeness (QED) is 0.141. The van der Waals surface area contributed by atoms with Crippen molar-refractivity contribution >= 4 is 18.5 Å². The molecule has 0 fully saturated rings. The SMILES string of the molecule is CCCCCCC(CC)C(P)(CC)CC.CCCCCCC(CC)C(P)(CC)CC. The Morgan fingerprint density at radius 2 is 0.767 bits per heavy atom. The molecule has 0 aromatic rings. The molecule has 184 valence electrons. The Hall–Kier alpha value is 0.860. The van der Waals surface area contributed by atoms with E-state index in [9.17, 15) is 0 Å². The number of hydrogen-bond acceptors (Lipinski definition) is 0. The molecule has 4 atom stereocenters. The van der Waals surface area contributed by atoms with Crippen molar-refractivity contribution in [2.24, 2.45) is 11.8 Å². The smallest absolute Gasteiger partial charge is 0.0127 e. The molecular formula is C28H62P2. The molecule has 0 aliphatic carbocycles. The Morgan fingerprint density at radius 3 is 0.967 bits per heavy atom. The highest BCUT2D eigenvalue weighted by Crippen LogP contribution is 2.40. The van der Waals surface area contributed by atoms with Crippen LogP contribution in [0.2, 0.25) is 0 Å². The van der Waals surface area contributed by atoms with Crippen LogP contribution in [0.4, 0.5) is 0 Å². The highest BCUT2D eigenvalue weighted by Gasteiger charge is 2.29. The maximum Gasteiger partial charge on any atom is -0.0127 e. The first-order chi connectivity index (χ1) is 14.3. The molecule has 0 aliphatic rings. The largest absolute Gasteiger partial charge is 0.131 e. The van der Waals surface area contributed by atoms with Crippen molar-refractivity contribution in [1.29, 1.82) is 0 Å². The van der Waals surface area contributed by atoms with Gasteiger partial charge in [-0.3, -0.25) is 0 Å². The van der Waals surface area contributed by atoms with Crippen LogP contribution in [0.25, 0.3) is 0 Å². The standard InChI is InChI=1S/2C14H31P/c2*1-5-9-10-11-12-13(6-2)14(15,7-3)8-4/h2*13H,5-12,15H2,1-4H3. The third kappa shape index (κ3) is 13.4. The number of rotatable bonds is 18. The molecule has 0 spiro atoms. The van der Waals surface area contributed by atoms with Gasteiger partial charge < -0.3 is 0 Å². The van der Waals surface area contributed by atoms with Crippen LogP contribution in [0.3, 0.4) is 0 Å². The van der Waals surface area contributed by atoms with Crippen molar-refractivity contribution in [2.45, 2.75) is 168 Å². The van der Waals surface area contributed by atoms with Crippen LogP contribution in [-0.2, 0) is 0 Å². The minimum absolute atomic E-state index is 0.515. The van der Waals surface area contributed by atoms with E-state index < -0.39 is 0 Å². The van der Waals surface area contributed by atoms with Gasteiger partial charge in [0.15, 0.2) is 0 Å². The normalized spacial score (nSPS) is 14.2. The molecule has 0 amide bonds. The van der Waals surface area contributed by atoms with Gasteiger partial charge in [-0.2, -0.15) is 0 Å². The maximum atomic E-state index is 3.15. The minimum atomic E-state index is 0.515. The number of unbranched alkanes of at least 4 members (excludes halogenated alkanes) is 6. The summed E-state index contributed by atoms with van der Waals surface area (Å²) in [6, 6.07) is 0. The fourth-order valence-electron chi connectivity index (χ4n) is 5.09. The molecular weight excluding hydrogens is 398 g/mol. The molecule has 0 aliphatic heterocycles. The molecule has 0 bridgehead atoms. The average molecular weight is 461 g/mol. The van der Waals surface area contributed by atoms with Gasteiger partial charge in [0.1, 0.15) is 0 Å². The zero-order valence-corrected chi connectivity index (χ0v) is 24.9. The first-order valence-electron chi connectivity index (χ1n) is 13.9. The van der Waals surface area contributed by atoms with E-state index in [2.05, 4.69) is 73.9 Å². The summed E-state index contributed by atoms with van der Waals surface area (Å²) in [7, 11) is 6.30. The summed E-state index contributed by atoms with van der Waals surface area (Å²) in [5.41, 5.74) is 0. The molecule has 4 unspecified atom stereocenters. The molecule has 0 saturated carbocycles. The molecule has 0 saturated heterocycles. The molecule has 2 heteroatoms. The van der Waals surface area contributed by atoms with Crippen LogP contribution in [0.15, 0.2) is 0 Å². The van der Waals surface area contributed by atoms with Crippen LogP contribution in [0.5, 0.6) is 0 Å². The van der Waals surface area contributed by atoms with Crippen LogP contribution >= 0.6 is 18.5 Å². The van der Waals surface area contributed by atoms with E-state index in [0.29, 0.717) is 10.3 Å². The highest BCUT2D eigenvalue weighted by molar-refractivity contribution is 7.19. The van der Waals surface area contributed by atoms with Crippen molar-refractivity contribution < 1.29 is 0 Å². The zero-order chi connectivity index (χ0) is 23.5. The molecule has 0 nitrogen and oxygen atoms in total. The van der Waals surface area contributed by atoms with E-state index in [0.717, 1.165) is 11.8 Å². The van der Waals surface area contributed by atoms with Crippen LogP contribution in [0.1, 0.15) is 158 Å². The van der Waals surface area contributed by atoms with Gasteiger partial charge in [-0.15, -0.1) is 18.5 Å². The lowest BCUT2D eigenvalue weighted by molar-refractivity contribution is 0.314. The molecule has 0 rings (SSSR count). The molecule has 0 heterocycles. The van der Waals surface area contributed by atoms with Gasteiger partial charge in [0.2, 0.25) is 0 Å². The summed E-state index contributed by atoms with van der Waals surface area (Å²) in [6.07, 6.45) is 22.0. The fourth-order valence-corrected chi connectivity index (χ4v) is 5.89. The topological polar surface area (TPSA) is 0 Å². The predicted molar refractivity (Wildman–Crippen MR) is 151 cm³/mol. The molecule has 0 aromatic carbocycles. The van der Waals surface area contributed by atoms with E-state index in [4.69, 9.17) is 0 Å². The van der Waals surface area contributed by atoms with Crippen LogP contribution < -0.4 is 0 Å². The molecule has 0 radical (unpaired) electrons. The van der Waals surface area contributed by atoms with Gasteiger partial charge in [0.25, 0.3) is 0 Å². The first kappa shape index (κ1) is 33.0. The zero-order valence-electron chi connectivity index (χ0n) is 22.6. The Balaban J connectivity index is 0. The van der Waals surface area contributed by atoms with E-state index in [1.807, 2.05) is 0 Å². The van der Waals surface area contributed by atoms with E-state index in [1.54, 1.807) is 0 Å². The average Bonchev–Trinajstić information content (AvgIpc) is 2.78. The maximum absolute atomic E-state index is 3.15. The molecule has 0 N–H and O–H groups in total. The van der Waals surface area contributed by atoms with Gasteiger partial charge >= 0.3 is 0 Å². The summed E-state index contributed by atoms with van der Waals surface area (Å²) in [5, 5.41) is 1.03. The van der Waals surface area contributed by atoms with Crippen molar-refractivity contribution in [1.82, 2.24) is 0 Å². The lowest BCUT2D eigenvalue weighted by Crippen LogP contribution is -2.29. The minimum Gasteiger partial charge on any atom is -0.131 e. The second-order valence-electron chi connectivity index (χ2n) is 9.79. The van der Waals surface area contributed by atoms with Crippen molar-refractivity contribution in [3.63, 3.8) is 0 Å². The van der Waals surface area contributed by atoms with Crippen molar-refractivity contribution in [3.8, 4) is 0 Å². The van der Waals surface area contributed by atoms with E-state index in [-0.39, 0.29) is 0 Å². The highest BCUT2D eigenvalue weighted by atomic mass is 31.0. The monoisotopic (exact) mass is 460 g/mol. The Bertz CT molecular complexity index is 311.